The summed E-state index contributed by atoms with van der Waals surface area (Å²) in [5.74, 6) is -0.0144. The van der Waals surface area contributed by atoms with Gasteiger partial charge in [0.05, 0.1) is 25.4 Å². The molecule has 0 aromatic rings. The van der Waals surface area contributed by atoms with Gasteiger partial charge in [0, 0.05) is 12.8 Å². The van der Waals surface area contributed by atoms with Crippen molar-refractivity contribution >= 4 is 11.9 Å². The summed E-state index contributed by atoms with van der Waals surface area (Å²) in [4.78, 5) is 24.7. The molecule has 1 amide bonds. The van der Waals surface area contributed by atoms with Crippen molar-refractivity contribution < 1.29 is 24.5 Å². The molecule has 486 valence electrons. The van der Waals surface area contributed by atoms with E-state index in [9.17, 15) is 19.8 Å². The summed E-state index contributed by atoms with van der Waals surface area (Å²) in [7, 11) is 0. The quantitative estimate of drug-likeness (QED) is 0.0320. The molecule has 0 aromatic carbocycles. The fraction of sp³-hybridized carbons (Fsp3) is 0.921. The second kappa shape index (κ2) is 71.8. The van der Waals surface area contributed by atoms with Crippen LogP contribution in [0, 0.1) is 0 Å². The van der Waals surface area contributed by atoms with Gasteiger partial charge in [-0.2, -0.15) is 0 Å². The highest BCUT2D eigenvalue weighted by Gasteiger charge is 2.20. The number of unbranched alkanes of at least 4 members (excludes halogenated alkanes) is 56. The number of nitrogens with one attached hydrogen (secondary N) is 1. The van der Waals surface area contributed by atoms with Gasteiger partial charge in [0.2, 0.25) is 5.91 Å². The highest BCUT2D eigenvalue weighted by Crippen LogP contribution is 2.19. The molecule has 6 heteroatoms. The molecule has 0 radical (unpaired) electrons. The molecule has 0 aliphatic heterocycles. The first-order valence-electron chi connectivity index (χ1n) is 37.6. The van der Waals surface area contributed by atoms with Gasteiger partial charge >= 0.3 is 5.97 Å². The van der Waals surface area contributed by atoms with Crippen molar-refractivity contribution in [3.05, 3.63) is 24.3 Å². The number of rotatable bonds is 71. The van der Waals surface area contributed by atoms with Gasteiger partial charge in [-0.3, -0.25) is 9.59 Å². The Labute approximate surface area is 513 Å². The van der Waals surface area contributed by atoms with Gasteiger partial charge in [-0.05, 0) is 57.8 Å². The van der Waals surface area contributed by atoms with Crippen molar-refractivity contribution in [2.45, 2.75) is 437 Å². The highest BCUT2D eigenvalue weighted by atomic mass is 16.5. The zero-order valence-corrected chi connectivity index (χ0v) is 55.8. The van der Waals surface area contributed by atoms with Crippen molar-refractivity contribution in [1.82, 2.24) is 5.32 Å². The minimum absolute atomic E-state index is 0.0178. The number of amides is 1. The van der Waals surface area contributed by atoms with Crippen LogP contribution in [0.1, 0.15) is 425 Å². The Kier molecular flexibility index (Phi) is 70.4. The van der Waals surface area contributed by atoms with Gasteiger partial charge in [-0.15, -0.1) is 0 Å². The topological polar surface area (TPSA) is 95.9 Å². The molecule has 6 nitrogen and oxygen atoms in total. The lowest BCUT2D eigenvalue weighted by molar-refractivity contribution is -0.143. The lowest BCUT2D eigenvalue weighted by atomic mass is 10.0. The number of esters is 1. The molecule has 0 heterocycles. The van der Waals surface area contributed by atoms with E-state index in [4.69, 9.17) is 4.74 Å². The molecular weight excluding hydrogens is 1010 g/mol. The summed E-state index contributed by atoms with van der Waals surface area (Å²) < 4.78 is 5.51. The van der Waals surface area contributed by atoms with Crippen molar-refractivity contribution in [1.29, 1.82) is 0 Å². The maximum Gasteiger partial charge on any atom is 0.305 e. The Morgan fingerprint density at radius 2 is 0.610 bits per heavy atom. The first kappa shape index (κ1) is 80.3. The van der Waals surface area contributed by atoms with Crippen molar-refractivity contribution in [3.63, 3.8) is 0 Å². The van der Waals surface area contributed by atoms with Gasteiger partial charge < -0.3 is 20.3 Å². The minimum Gasteiger partial charge on any atom is -0.466 e. The Balaban J connectivity index is 3.38. The van der Waals surface area contributed by atoms with E-state index in [1.165, 1.54) is 347 Å². The SMILES string of the molecule is CCCCCCCCCCCCCCCCCCCCCC(=O)OCCCCCCCCCCC/C=C\C/C=C\CCCCCCCCCCCCCCCC(=O)NC(CO)C(O)CCCCCCCCCCCCCCCCCCC. The van der Waals surface area contributed by atoms with Crippen LogP contribution in [0.5, 0.6) is 0 Å². The zero-order chi connectivity index (χ0) is 59.2. The second-order valence-electron chi connectivity index (χ2n) is 26.0. The smallest absolute Gasteiger partial charge is 0.305 e. The predicted octanol–water partition coefficient (Wildman–Crippen LogP) is 24.5. The molecule has 0 rings (SSSR count). The van der Waals surface area contributed by atoms with Crippen LogP contribution in [0.25, 0.3) is 0 Å². The van der Waals surface area contributed by atoms with Gasteiger partial charge in [0.1, 0.15) is 0 Å². The minimum atomic E-state index is -0.665. The lowest BCUT2D eigenvalue weighted by Gasteiger charge is -2.22. The molecule has 0 bridgehead atoms. The molecule has 2 unspecified atom stereocenters. The first-order valence-corrected chi connectivity index (χ1v) is 37.6. The molecule has 82 heavy (non-hydrogen) atoms. The van der Waals surface area contributed by atoms with Crippen LogP contribution in [0.4, 0.5) is 0 Å². The van der Waals surface area contributed by atoms with Crippen LogP contribution in [0.15, 0.2) is 24.3 Å². The van der Waals surface area contributed by atoms with Crippen molar-refractivity contribution in [2.24, 2.45) is 0 Å². The molecule has 0 saturated carbocycles. The predicted molar refractivity (Wildman–Crippen MR) is 361 cm³/mol. The number of carbonyl (C=O) groups is 2. The summed E-state index contributed by atoms with van der Waals surface area (Å²) in [6.07, 6.45) is 91.0. The maximum atomic E-state index is 12.5. The van der Waals surface area contributed by atoms with Gasteiger partial charge in [0.25, 0.3) is 0 Å². The Bertz CT molecular complexity index is 1280. The number of ether oxygens (including phenoxy) is 1. The number of hydrogen-bond acceptors (Lipinski definition) is 5. The number of aliphatic hydroxyl groups is 2. The number of allylic oxidation sites excluding steroid dienone is 4. The standard InChI is InChI=1S/C76H147NO5/c1-3-5-7-9-11-13-15-17-19-21-33-38-42-46-50-54-58-62-66-70-76(81)82-71-67-63-59-55-51-47-43-39-35-32-30-28-26-24-22-23-25-27-29-31-34-37-41-45-49-53-57-61-65-69-75(80)77-73(72-78)74(79)68-64-60-56-52-48-44-40-36-20-18-16-14-12-10-8-6-4-2/h22,24,28,30,73-74,78-79H,3-21,23,25-27,29,31-72H2,1-2H3,(H,77,80)/b24-22-,30-28-. The summed E-state index contributed by atoms with van der Waals surface area (Å²) in [6.45, 7) is 5.00. The van der Waals surface area contributed by atoms with Crippen LogP contribution in [-0.2, 0) is 14.3 Å². The lowest BCUT2D eigenvalue weighted by Crippen LogP contribution is -2.45. The summed E-state index contributed by atoms with van der Waals surface area (Å²) in [5.41, 5.74) is 0. The van der Waals surface area contributed by atoms with E-state index in [-0.39, 0.29) is 18.5 Å². The van der Waals surface area contributed by atoms with Crippen LogP contribution in [-0.4, -0.2) is 47.4 Å². The molecule has 0 aromatic heterocycles. The summed E-state index contributed by atoms with van der Waals surface area (Å²) in [6, 6.07) is -0.543. The molecule has 0 aliphatic carbocycles. The van der Waals surface area contributed by atoms with Crippen molar-refractivity contribution in [3.8, 4) is 0 Å². The molecule has 3 N–H and O–H groups in total. The molecule has 0 aliphatic rings. The summed E-state index contributed by atoms with van der Waals surface area (Å²) >= 11 is 0. The van der Waals surface area contributed by atoms with Gasteiger partial charge in [-0.25, -0.2) is 0 Å². The fourth-order valence-corrected chi connectivity index (χ4v) is 12.0. The van der Waals surface area contributed by atoms with E-state index in [2.05, 4.69) is 43.5 Å². The van der Waals surface area contributed by atoms with E-state index in [0.717, 1.165) is 44.9 Å². The van der Waals surface area contributed by atoms with E-state index in [1.807, 2.05) is 0 Å². The highest BCUT2D eigenvalue weighted by molar-refractivity contribution is 5.76. The molecule has 0 saturated heterocycles. The van der Waals surface area contributed by atoms with Crippen LogP contribution >= 0.6 is 0 Å². The molecule has 0 fully saturated rings. The Hall–Kier alpha value is -1.66. The number of hydrogen-bond donors (Lipinski definition) is 3. The van der Waals surface area contributed by atoms with Crippen LogP contribution in [0.2, 0.25) is 0 Å². The summed E-state index contributed by atoms with van der Waals surface area (Å²) in [5, 5.41) is 23.4. The normalized spacial score (nSPS) is 12.6. The Morgan fingerprint density at radius 3 is 0.927 bits per heavy atom. The zero-order valence-electron chi connectivity index (χ0n) is 55.8. The monoisotopic (exact) mass is 1150 g/mol. The van der Waals surface area contributed by atoms with E-state index < -0.39 is 12.1 Å². The third-order valence-electron chi connectivity index (χ3n) is 17.8. The fourth-order valence-electron chi connectivity index (χ4n) is 12.0. The van der Waals surface area contributed by atoms with E-state index in [0.29, 0.717) is 25.9 Å². The van der Waals surface area contributed by atoms with Crippen LogP contribution in [0.3, 0.4) is 0 Å². The largest absolute Gasteiger partial charge is 0.466 e. The molecule has 2 atom stereocenters. The Morgan fingerprint density at radius 1 is 0.341 bits per heavy atom. The van der Waals surface area contributed by atoms with E-state index >= 15 is 0 Å². The molecule has 0 spiro atoms. The van der Waals surface area contributed by atoms with Gasteiger partial charge in [-0.1, -0.05) is 378 Å². The first-order chi connectivity index (χ1) is 40.5. The average molecular weight is 1160 g/mol. The number of carbonyl (C=O) groups excluding carboxylic acids is 2. The average Bonchev–Trinajstić information content (AvgIpc) is 3.48. The number of aliphatic hydroxyl groups excluding tert-OH is 2. The maximum absolute atomic E-state index is 12.5. The second-order valence-corrected chi connectivity index (χ2v) is 26.0. The van der Waals surface area contributed by atoms with E-state index in [1.54, 1.807) is 0 Å². The van der Waals surface area contributed by atoms with Crippen molar-refractivity contribution in [2.75, 3.05) is 13.2 Å². The third kappa shape index (κ3) is 67.5. The molecular formula is C76H147NO5. The van der Waals surface area contributed by atoms with Crippen LogP contribution < -0.4 is 5.32 Å². The third-order valence-corrected chi connectivity index (χ3v) is 17.8. The van der Waals surface area contributed by atoms with Gasteiger partial charge in [0.15, 0.2) is 0 Å².